The second-order valence-electron chi connectivity index (χ2n) is 6.43. The Bertz CT molecular complexity index is 828. The van der Waals surface area contributed by atoms with Gasteiger partial charge < -0.3 is 19.5 Å². The maximum absolute atomic E-state index is 12.6. The van der Waals surface area contributed by atoms with Crippen molar-refractivity contribution in [3.63, 3.8) is 0 Å². The van der Waals surface area contributed by atoms with Crippen molar-refractivity contribution < 1.29 is 19.0 Å². The number of hydrogen-bond acceptors (Lipinski definition) is 5. The Morgan fingerprint density at radius 1 is 1.14 bits per heavy atom. The molecular weight excluding hydrogens is 456 g/mol. The Morgan fingerprint density at radius 2 is 1.86 bits per heavy atom. The smallest absolute Gasteiger partial charge is 0.261 e. The van der Waals surface area contributed by atoms with Crippen molar-refractivity contribution in [2.45, 2.75) is 26.5 Å². The number of ether oxygens (including phenoxy) is 3. The van der Waals surface area contributed by atoms with Gasteiger partial charge >= 0.3 is 0 Å². The number of thiocarbonyl (C=S) groups is 1. The van der Waals surface area contributed by atoms with Gasteiger partial charge in [0.25, 0.3) is 5.91 Å². The van der Waals surface area contributed by atoms with E-state index in [2.05, 4.69) is 26.6 Å². The summed E-state index contributed by atoms with van der Waals surface area (Å²) < 4.78 is 17.0. The molecule has 0 saturated heterocycles. The first-order valence-electron chi connectivity index (χ1n) is 9.15. The number of amides is 1. The third-order valence-corrected chi connectivity index (χ3v) is 4.45. The lowest BCUT2D eigenvalue weighted by Crippen LogP contribution is -2.39. The lowest BCUT2D eigenvalue weighted by Gasteiger charge is -2.14. The van der Waals surface area contributed by atoms with Gasteiger partial charge in [0.05, 0.1) is 18.3 Å². The molecule has 0 fully saturated rings. The summed E-state index contributed by atoms with van der Waals surface area (Å²) in [6, 6.07) is 12.9. The number of halogens is 1. The number of carbonyl (C=O) groups excluding carboxylic acids is 1. The van der Waals surface area contributed by atoms with Crippen LogP contribution < -0.4 is 20.1 Å². The van der Waals surface area contributed by atoms with Crippen LogP contribution in [0.2, 0.25) is 0 Å². The van der Waals surface area contributed by atoms with Crippen LogP contribution in [-0.4, -0.2) is 37.4 Å². The van der Waals surface area contributed by atoms with E-state index in [-0.39, 0.29) is 17.1 Å². The van der Waals surface area contributed by atoms with E-state index >= 15 is 0 Å². The van der Waals surface area contributed by atoms with Crippen LogP contribution in [0.15, 0.2) is 46.9 Å². The first-order chi connectivity index (χ1) is 13.9. The molecule has 29 heavy (non-hydrogen) atoms. The third-order valence-electron chi connectivity index (χ3n) is 3.71. The average molecular weight is 481 g/mol. The van der Waals surface area contributed by atoms with E-state index in [1.165, 1.54) is 0 Å². The Morgan fingerprint density at radius 3 is 2.52 bits per heavy atom. The molecule has 2 rings (SSSR count). The number of methoxy groups -OCH3 is 1. The first-order valence-corrected chi connectivity index (χ1v) is 10.3. The number of carbonyl (C=O) groups is 1. The molecule has 0 atom stereocenters. The van der Waals surface area contributed by atoms with Crippen LogP contribution in [0.4, 0.5) is 0 Å². The van der Waals surface area contributed by atoms with Gasteiger partial charge in [-0.1, -0.05) is 28.1 Å². The molecule has 0 heterocycles. The predicted octanol–water partition coefficient (Wildman–Crippen LogP) is 4.07. The maximum Gasteiger partial charge on any atom is 0.261 e. The average Bonchev–Trinajstić information content (AvgIpc) is 2.68. The molecule has 0 radical (unpaired) electrons. The van der Waals surface area contributed by atoms with Crippen molar-refractivity contribution in [2.75, 3.05) is 20.3 Å². The second kappa shape index (κ2) is 11.7. The SMILES string of the molecule is COCCOc1ccc(Br)cc1C(=O)NC(=S)NCc1ccc(OC(C)C)cc1. The van der Waals surface area contributed by atoms with Crippen molar-refractivity contribution in [1.82, 2.24) is 10.6 Å². The summed E-state index contributed by atoms with van der Waals surface area (Å²) in [4.78, 5) is 12.6. The molecule has 6 nitrogen and oxygen atoms in total. The number of nitrogens with one attached hydrogen (secondary N) is 2. The normalized spacial score (nSPS) is 10.5. The lowest BCUT2D eigenvalue weighted by molar-refractivity contribution is 0.0968. The first kappa shape index (κ1) is 23.1. The monoisotopic (exact) mass is 480 g/mol. The van der Waals surface area contributed by atoms with Gasteiger partial charge in [0.1, 0.15) is 18.1 Å². The van der Waals surface area contributed by atoms with Gasteiger partial charge in [-0.05, 0) is 62.0 Å². The summed E-state index contributed by atoms with van der Waals surface area (Å²) in [5, 5.41) is 5.96. The Kier molecular flexibility index (Phi) is 9.37. The highest BCUT2D eigenvalue weighted by atomic mass is 79.9. The molecular formula is C21H25BrN2O4S. The maximum atomic E-state index is 12.6. The van der Waals surface area contributed by atoms with E-state index in [0.29, 0.717) is 31.1 Å². The van der Waals surface area contributed by atoms with Crippen LogP contribution >= 0.6 is 28.1 Å². The van der Waals surface area contributed by atoms with Crippen molar-refractivity contribution in [2.24, 2.45) is 0 Å². The van der Waals surface area contributed by atoms with Gasteiger partial charge in [0, 0.05) is 18.1 Å². The molecule has 0 saturated carbocycles. The van der Waals surface area contributed by atoms with Gasteiger partial charge in [-0.15, -0.1) is 0 Å². The fourth-order valence-electron chi connectivity index (χ4n) is 2.40. The summed E-state index contributed by atoms with van der Waals surface area (Å²) in [7, 11) is 1.59. The van der Waals surface area contributed by atoms with Crippen LogP contribution in [0.3, 0.4) is 0 Å². The summed E-state index contributed by atoms with van der Waals surface area (Å²) in [6.45, 7) is 5.22. The van der Waals surface area contributed by atoms with Gasteiger partial charge in [-0.2, -0.15) is 0 Å². The van der Waals surface area contributed by atoms with E-state index in [1.807, 2.05) is 44.2 Å². The van der Waals surface area contributed by atoms with Crippen LogP contribution in [-0.2, 0) is 11.3 Å². The predicted molar refractivity (Wildman–Crippen MR) is 121 cm³/mol. The Hall–Kier alpha value is -2.16. The molecule has 0 spiro atoms. The molecule has 2 aromatic carbocycles. The van der Waals surface area contributed by atoms with E-state index in [4.69, 9.17) is 26.4 Å². The molecule has 0 unspecified atom stereocenters. The minimum atomic E-state index is -0.350. The zero-order valence-electron chi connectivity index (χ0n) is 16.7. The molecule has 2 N–H and O–H groups in total. The van der Waals surface area contributed by atoms with E-state index in [0.717, 1.165) is 15.8 Å². The minimum absolute atomic E-state index is 0.128. The Labute approximate surface area is 185 Å². The molecule has 0 bridgehead atoms. The van der Waals surface area contributed by atoms with Crippen molar-refractivity contribution in [3.8, 4) is 11.5 Å². The standard InChI is InChI=1S/C21H25BrN2O4S/c1-14(2)28-17-7-4-15(5-8-17)13-23-21(29)24-20(25)18-12-16(22)6-9-19(18)27-11-10-26-3/h4-9,12,14H,10-11,13H2,1-3H3,(H2,23,24,25,29). The zero-order valence-corrected chi connectivity index (χ0v) is 19.1. The summed E-state index contributed by atoms with van der Waals surface area (Å²) in [5.74, 6) is 0.929. The molecule has 1 amide bonds. The second-order valence-corrected chi connectivity index (χ2v) is 7.75. The lowest BCUT2D eigenvalue weighted by atomic mass is 10.2. The highest BCUT2D eigenvalue weighted by Crippen LogP contribution is 2.23. The molecule has 0 aromatic heterocycles. The summed E-state index contributed by atoms with van der Waals surface area (Å²) in [5.41, 5.74) is 1.40. The molecule has 0 aliphatic heterocycles. The van der Waals surface area contributed by atoms with Crippen molar-refractivity contribution in [3.05, 3.63) is 58.1 Å². The Balaban J connectivity index is 1.91. The quantitative estimate of drug-likeness (QED) is 0.416. The molecule has 0 aliphatic rings. The topological polar surface area (TPSA) is 68.8 Å². The van der Waals surface area contributed by atoms with Crippen molar-refractivity contribution >= 4 is 39.2 Å². The van der Waals surface area contributed by atoms with E-state index in [1.54, 1.807) is 19.2 Å². The minimum Gasteiger partial charge on any atom is -0.491 e. The van der Waals surface area contributed by atoms with Crippen LogP contribution in [0, 0.1) is 0 Å². The molecule has 2 aromatic rings. The highest BCUT2D eigenvalue weighted by Gasteiger charge is 2.15. The van der Waals surface area contributed by atoms with E-state index < -0.39 is 0 Å². The van der Waals surface area contributed by atoms with Gasteiger partial charge in [0.2, 0.25) is 0 Å². The van der Waals surface area contributed by atoms with Crippen LogP contribution in [0.1, 0.15) is 29.8 Å². The number of rotatable bonds is 9. The fraction of sp³-hybridized carbons (Fsp3) is 0.333. The molecule has 8 heteroatoms. The zero-order chi connectivity index (χ0) is 21.2. The van der Waals surface area contributed by atoms with E-state index in [9.17, 15) is 4.79 Å². The summed E-state index contributed by atoms with van der Waals surface area (Å²) in [6.07, 6.45) is 0.128. The van der Waals surface area contributed by atoms with Crippen LogP contribution in [0.25, 0.3) is 0 Å². The summed E-state index contributed by atoms with van der Waals surface area (Å²) >= 11 is 8.63. The highest BCUT2D eigenvalue weighted by molar-refractivity contribution is 9.10. The fourth-order valence-corrected chi connectivity index (χ4v) is 2.92. The third kappa shape index (κ3) is 8.00. The molecule has 156 valence electrons. The van der Waals surface area contributed by atoms with Crippen LogP contribution in [0.5, 0.6) is 11.5 Å². The number of benzene rings is 2. The molecule has 0 aliphatic carbocycles. The number of hydrogen-bond donors (Lipinski definition) is 2. The van der Waals surface area contributed by atoms with Crippen molar-refractivity contribution in [1.29, 1.82) is 0 Å². The van der Waals surface area contributed by atoms with Gasteiger partial charge in [-0.3, -0.25) is 10.1 Å². The van der Waals surface area contributed by atoms with Gasteiger partial charge in [0.15, 0.2) is 5.11 Å². The largest absolute Gasteiger partial charge is 0.491 e. The van der Waals surface area contributed by atoms with Gasteiger partial charge in [-0.25, -0.2) is 0 Å².